The first-order valence-corrected chi connectivity index (χ1v) is 10.9. The summed E-state index contributed by atoms with van der Waals surface area (Å²) in [5, 5.41) is 9.82. The van der Waals surface area contributed by atoms with Crippen LogP contribution in [0.4, 0.5) is 0 Å². The molecule has 0 aliphatic carbocycles. The molecular formula is C22H44N2O. The van der Waals surface area contributed by atoms with E-state index in [-0.39, 0.29) is 17.7 Å². The molecule has 1 N–H and O–H groups in total. The zero-order valence-electron chi connectivity index (χ0n) is 17.7. The van der Waals surface area contributed by atoms with Crippen molar-refractivity contribution < 1.29 is 5.11 Å². The fourth-order valence-corrected chi connectivity index (χ4v) is 3.82. The number of unbranched alkanes of at least 4 members (excludes halogenated alkanes) is 8. The van der Waals surface area contributed by atoms with E-state index >= 15 is 0 Å². The van der Waals surface area contributed by atoms with Gasteiger partial charge in [-0.1, -0.05) is 72.1 Å². The van der Waals surface area contributed by atoms with Crippen LogP contribution in [0.3, 0.4) is 0 Å². The van der Waals surface area contributed by atoms with Crippen molar-refractivity contribution in [2.45, 2.75) is 123 Å². The number of aliphatic hydroxyl groups excluding tert-OH is 1. The summed E-state index contributed by atoms with van der Waals surface area (Å²) in [6.07, 6.45) is 15.5. The average Bonchev–Trinajstić information content (AvgIpc) is 3.01. The first-order valence-electron chi connectivity index (χ1n) is 10.9. The zero-order valence-corrected chi connectivity index (χ0v) is 17.7. The molecule has 148 valence electrons. The van der Waals surface area contributed by atoms with E-state index in [0.717, 1.165) is 25.8 Å². The summed E-state index contributed by atoms with van der Waals surface area (Å²) in [6, 6.07) is 0. The molecule has 0 aromatic heterocycles. The molecule has 0 saturated carbocycles. The predicted octanol–water partition coefficient (Wildman–Crippen LogP) is 5.95. The Morgan fingerprint density at radius 3 is 1.92 bits per heavy atom. The second kappa shape index (κ2) is 11.2. The van der Waals surface area contributed by atoms with Crippen LogP contribution in [0.5, 0.6) is 0 Å². The quantitative estimate of drug-likeness (QED) is 0.392. The first kappa shape index (κ1) is 22.5. The van der Waals surface area contributed by atoms with E-state index in [1.165, 1.54) is 63.6 Å². The van der Waals surface area contributed by atoms with E-state index in [1.54, 1.807) is 0 Å². The Morgan fingerprint density at radius 2 is 1.44 bits per heavy atom. The number of hydrogen-bond acceptors (Lipinski definition) is 3. The van der Waals surface area contributed by atoms with Crippen LogP contribution >= 0.6 is 0 Å². The zero-order chi connectivity index (χ0) is 18.8. The van der Waals surface area contributed by atoms with E-state index in [9.17, 15) is 5.11 Å². The minimum atomic E-state index is -0.204. The van der Waals surface area contributed by atoms with Crippen molar-refractivity contribution in [1.29, 1.82) is 0 Å². The summed E-state index contributed by atoms with van der Waals surface area (Å²) >= 11 is 0. The lowest BCUT2D eigenvalue weighted by molar-refractivity contribution is 0.105. The second-order valence-electron chi connectivity index (χ2n) is 8.59. The summed E-state index contributed by atoms with van der Waals surface area (Å²) < 4.78 is 0. The van der Waals surface area contributed by atoms with Gasteiger partial charge in [-0.2, -0.15) is 0 Å². The van der Waals surface area contributed by atoms with Crippen molar-refractivity contribution in [3.05, 3.63) is 0 Å². The van der Waals surface area contributed by atoms with Crippen LogP contribution in [0.1, 0.15) is 112 Å². The number of aliphatic imine (C=N–C) groups is 1. The molecule has 0 bridgehead atoms. The highest BCUT2D eigenvalue weighted by atomic mass is 16.3. The van der Waals surface area contributed by atoms with Gasteiger partial charge in [-0.25, -0.2) is 0 Å². The summed E-state index contributed by atoms with van der Waals surface area (Å²) in [5.74, 6) is 1.24. The van der Waals surface area contributed by atoms with E-state index in [2.05, 4.69) is 39.5 Å². The van der Waals surface area contributed by atoms with Gasteiger partial charge < -0.3 is 10.0 Å². The van der Waals surface area contributed by atoms with E-state index in [0.29, 0.717) is 0 Å². The average molecular weight is 353 g/mol. The number of amidine groups is 1. The first-order chi connectivity index (χ1) is 11.9. The van der Waals surface area contributed by atoms with Crippen LogP contribution in [0, 0.1) is 0 Å². The third-order valence-electron chi connectivity index (χ3n) is 6.07. The molecule has 0 unspecified atom stereocenters. The maximum atomic E-state index is 9.82. The molecule has 3 nitrogen and oxygen atoms in total. The lowest BCUT2D eigenvalue weighted by Crippen LogP contribution is -2.50. The van der Waals surface area contributed by atoms with Crippen LogP contribution in [0.2, 0.25) is 0 Å². The topological polar surface area (TPSA) is 35.8 Å². The molecular weight excluding hydrogens is 308 g/mol. The Bertz CT molecular complexity index is 385. The predicted molar refractivity (Wildman–Crippen MR) is 110 cm³/mol. The van der Waals surface area contributed by atoms with Crippen molar-refractivity contribution in [2.75, 3.05) is 13.2 Å². The van der Waals surface area contributed by atoms with Crippen LogP contribution in [0.25, 0.3) is 0 Å². The molecule has 1 rings (SSSR count). The molecule has 25 heavy (non-hydrogen) atoms. The van der Waals surface area contributed by atoms with E-state index in [1.807, 2.05) is 0 Å². The van der Waals surface area contributed by atoms with Gasteiger partial charge in [0.1, 0.15) is 5.84 Å². The lowest BCUT2D eigenvalue weighted by Gasteiger charge is -2.38. The van der Waals surface area contributed by atoms with Gasteiger partial charge in [-0.3, -0.25) is 4.99 Å². The Balaban J connectivity index is 2.42. The fraction of sp³-hybridized carbons (Fsp3) is 0.955. The highest BCUT2D eigenvalue weighted by Crippen LogP contribution is 2.34. The highest BCUT2D eigenvalue weighted by Gasteiger charge is 2.41. The van der Waals surface area contributed by atoms with Crippen molar-refractivity contribution in [2.24, 2.45) is 4.99 Å². The molecule has 3 heteroatoms. The maximum absolute atomic E-state index is 9.82. The number of nitrogens with zero attached hydrogens (tertiary/aromatic N) is 2. The van der Waals surface area contributed by atoms with Crippen molar-refractivity contribution in [3.8, 4) is 0 Å². The summed E-state index contributed by atoms with van der Waals surface area (Å²) in [4.78, 5) is 7.54. The highest BCUT2D eigenvalue weighted by molar-refractivity contribution is 5.85. The molecule has 1 heterocycles. The third-order valence-corrected chi connectivity index (χ3v) is 6.07. The third kappa shape index (κ3) is 6.92. The second-order valence-corrected chi connectivity index (χ2v) is 8.59. The van der Waals surface area contributed by atoms with Gasteiger partial charge in [0.2, 0.25) is 0 Å². The molecule has 0 aromatic carbocycles. The van der Waals surface area contributed by atoms with Gasteiger partial charge in [-0.15, -0.1) is 0 Å². The van der Waals surface area contributed by atoms with Crippen LogP contribution in [-0.2, 0) is 0 Å². The Labute approximate surface area is 157 Å². The number of hydrogen-bond donors (Lipinski definition) is 1. The molecule has 0 aromatic rings. The molecule has 0 atom stereocenters. The van der Waals surface area contributed by atoms with Gasteiger partial charge in [0.25, 0.3) is 0 Å². The largest absolute Gasteiger partial charge is 0.394 e. The monoisotopic (exact) mass is 352 g/mol. The van der Waals surface area contributed by atoms with Crippen molar-refractivity contribution >= 4 is 5.84 Å². The molecule has 0 spiro atoms. The SMILES string of the molecule is CCCCCCCCCCCC1=NC(CC)(CC)CN1C(C)(C)CO. The van der Waals surface area contributed by atoms with Crippen LogP contribution in [-0.4, -0.2) is 40.1 Å². The van der Waals surface area contributed by atoms with E-state index < -0.39 is 0 Å². The van der Waals surface area contributed by atoms with Crippen LogP contribution in [0.15, 0.2) is 4.99 Å². The minimum absolute atomic E-state index is 0.0705. The lowest BCUT2D eigenvalue weighted by atomic mass is 9.92. The molecule has 1 aliphatic rings. The van der Waals surface area contributed by atoms with Gasteiger partial charge in [-0.05, 0) is 33.1 Å². The van der Waals surface area contributed by atoms with Gasteiger partial charge in [0.15, 0.2) is 0 Å². The molecule has 0 saturated heterocycles. The molecule has 0 amide bonds. The van der Waals surface area contributed by atoms with E-state index in [4.69, 9.17) is 4.99 Å². The summed E-state index contributed by atoms with van der Waals surface area (Å²) in [7, 11) is 0. The molecule has 0 fully saturated rings. The maximum Gasteiger partial charge on any atom is 0.100 e. The van der Waals surface area contributed by atoms with Gasteiger partial charge >= 0.3 is 0 Å². The summed E-state index contributed by atoms with van der Waals surface area (Å²) in [5.41, 5.74) is -0.134. The number of rotatable bonds is 14. The van der Waals surface area contributed by atoms with Crippen LogP contribution < -0.4 is 0 Å². The molecule has 0 radical (unpaired) electrons. The Hall–Kier alpha value is -0.570. The smallest absolute Gasteiger partial charge is 0.100 e. The van der Waals surface area contributed by atoms with Crippen molar-refractivity contribution in [1.82, 2.24) is 4.90 Å². The minimum Gasteiger partial charge on any atom is -0.394 e. The standard InChI is InChI=1S/C22H44N2O/c1-6-9-10-11-12-13-14-15-16-17-20-23-22(7-2,8-3)18-24(20)21(4,5)19-25/h25H,6-19H2,1-5H3. The van der Waals surface area contributed by atoms with Crippen molar-refractivity contribution in [3.63, 3.8) is 0 Å². The normalized spacial score (nSPS) is 17.2. The molecule has 1 aliphatic heterocycles. The van der Waals surface area contributed by atoms with Gasteiger partial charge in [0.05, 0.1) is 17.7 Å². The summed E-state index contributed by atoms with van der Waals surface area (Å²) in [6.45, 7) is 12.2. The number of aliphatic hydroxyl groups is 1. The van der Waals surface area contributed by atoms with Gasteiger partial charge in [0, 0.05) is 13.0 Å². The fourth-order valence-electron chi connectivity index (χ4n) is 3.82. The Kier molecular flexibility index (Phi) is 10.1. The Morgan fingerprint density at radius 1 is 0.920 bits per heavy atom.